The van der Waals surface area contributed by atoms with Crippen molar-refractivity contribution in [3.05, 3.63) is 35.4 Å². The molecule has 0 radical (unpaired) electrons. The molecule has 6 nitrogen and oxygen atoms in total. The molecule has 1 aliphatic heterocycles. The maximum Gasteiger partial charge on any atom is 0.303 e. The number of hydrogen-bond donors (Lipinski definition) is 4. The lowest BCUT2D eigenvalue weighted by atomic mass is 9.92. The first kappa shape index (κ1) is 22.3. The largest absolute Gasteiger partial charge is 0.481 e. The molecule has 1 saturated heterocycles. The second-order valence-corrected chi connectivity index (χ2v) is 6.49. The van der Waals surface area contributed by atoms with Gasteiger partial charge < -0.3 is 20.8 Å². The number of aliphatic hydroxyl groups is 1. The summed E-state index contributed by atoms with van der Waals surface area (Å²) in [6.07, 6.45) is -0.525. The fourth-order valence-corrected chi connectivity index (χ4v) is 3.29. The summed E-state index contributed by atoms with van der Waals surface area (Å²) in [5, 5.41) is 25.1. The van der Waals surface area contributed by atoms with Gasteiger partial charge in [0.25, 0.3) is 0 Å². The Morgan fingerprint density at radius 1 is 1.31 bits per heavy atom. The number of carboxylic acids is 1. The van der Waals surface area contributed by atoms with Crippen molar-refractivity contribution in [1.29, 1.82) is 0 Å². The van der Waals surface area contributed by atoms with Gasteiger partial charge in [-0.3, -0.25) is 9.59 Å². The number of hydrogen-bond acceptors (Lipinski definition) is 4. The minimum absolute atomic E-state index is 0. The van der Waals surface area contributed by atoms with Gasteiger partial charge in [-0.1, -0.05) is 0 Å². The van der Waals surface area contributed by atoms with Crippen molar-refractivity contribution in [2.24, 2.45) is 5.92 Å². The van der Waals surface area contributed by atoms with E-state index in [0.717, 1.165) is 18.2 Å². The summed E-state index contributed by atoms with van der Waals surface area (Å²) < 4.78 is 26.7. The smallest absolute Gasteiger partial charge is 0.303 e. The van der Waals surface area contributed by atoms with Crippen molar-refractivity contribution in [3.63, 3.8) is 0 Å². The van der Waals surface area contributed by atoms with Crippen LogP contribution in [-0.2, 0) is 16.0 Å². The number of nitrogens with one attached hydrogen (secondary N) is 2. The highest BCUT2D eigenvalue weighted by molar-refractivity contribution is 5.85. The minimum atomic E-state index is -1.02. The lowest BCUT2D eigenvalue weighted by Gasteiger charge is -2.28. The maximum atomic E-state index is 13.4. The Morgan fingerprint density at radius 3 is 2.46 bits per heavy atom. The number of benzene rings is 1. The third-order valence-corrected chi connectivity index (χ3v) is 4.31. The van der Waals surface area contributed by atoms with Crippen LogP contribution in [0.4, 0.5) is 8.78 Å². The predicted molar refractivity (Wildman–Crippen MR) is 93.1 cm³/mol. The van der Waals surface area contributed by atoms with E-state index in [1.54, 1.807) is 0 Å². The van der Waals surface area contributed by atoms with Crippen LogP contribution in [0.5, 0.6) is 0 Å². The first-order valence-electron chi connectivity index (χ1n) is 8.10. The van der Waals surface area contributed by atoms with Crippen molar-refractivity contribution in [1.82, 2.24) is 10.6 Å². The standard InChI is InChI=1S/C17H22F2N2O4.ClH/c1-9(22)21-15(4-10-2-12(18)7-13(19)3-10)17(25)14-5-11(8-20-14)6-16(23)24;/h2-3,7,11,14-15,17,20,25H,4-6,8H2,1H3,(H,21,22)(H,23,24);1H/t11?,14-,15+,17-;/m1./s1. The number of carbonyl (C=O) groups is 2. The number of carbonyl (C=O) groups excluding carboxylic acids is 1. The average Bonchev–Trinajstić information content (AvgIpc) is 2.91. The molecule has 26 heavy (non-hydrogen) atoms. The van der Waals surface area contributed by atoms with Gasteiger partial charge in [-0.05, 0) is 43.0 Å². The molecule has 0 aliphatic carbocycles. The van der Waals surface area contributed by atoms with E-state index < -0.39 is 35.8 Å². The van der Waals surface area contributed by atoms with Crippen LogP contribution in [0.25, 0.3) is 0 Å². The van der Waals surface area contributed by atoms with E-state index in [-0.39, 0.29) is 37.1 Å². The molecule has 1 amide bonds. The highest BCUT2D eigenvalue weighted by Gasteiger charge is 2.35. The fourth-order valence-electron chi connectivity index (χ4n) is 3.29. The highest BCUT2D eigenvalue weighted by Crippen LogP contribution is 2.22. The number of rotatable bonds is 7. The monoisotopic (exact) mass is 392 g/mol. The molecule has 1 unspecified atom stereocenters. The summed E-state index contributed by atoms with van der Waals surface area (Å²) >= 11 is 0. The summed E-state index contributed by atoms with van der Waals surface area (Å²) in [5.74, 6) is -2.85. The van der Waals surface area contributed by atoms with Crippen LogP contribution in [0.2, 0.25) is 0 Å². The number of amides is 1. The zero-order chi connectivity index (χ0) is 18.6. The van der Waals surface area contributed by atoms with E-state index in [2.05, 4.69) is 10.6 Å². The van der Waals surface area contributed by atoms with Crippen molar-refractivity contribution in [3.8, 4) is 0 Å². The molecule has 0 spiro atoms. The van der Waals surface area contributed by atoms with Crippen LogP contribution in [0.1, 0.15) is 25.3 Å². The molecule has 0 bridgehead atoms. The van der Waals surface area contributed by atoms with Gasteiger partial charge >= 0.3 is 5.97 Å². The number of aliphatic hydroxyl groups excluding tert-OH is 1. The summed E-state index contributed by atoms with van der Waals surface area (Å²) in [7, 11) is 0. The van der Waals surface area contributed by atoms with Crippen LogP contribution in [0, 0.1) is 17.6 Å². The van der Waals surface area contributed by atoms with Crippen LogP contribution in [-0.4, -0.2) is 46.8 Å². The molecular weight excluding hydrogens is 370 g/mol. The van der Waals surface area contributed by atoms with Gasteiger partial charge in [-0.25, -0.2) is 8.78 Å². The molecule has 1 aromatic carbocycles. The fraction of sp³-hybridized carbons (Fsp3) is 0.529. The van der Waals surface area contributed by atoms with E-state index in [1.165, 1.54) is 6.92 Å². The third-order valence-electron chi connectivity index (χ3n) is 4.31. The second kappa shape index (κ2) is 9.80. The first-order chi connectivity index (χ1) is 11.7. The zero-order valence-corrected chi connectivity index (χ0v) is 15.1. The summed E-state index contributed by atoms with van der Waals surface area (Å²) in [6.45, 7) is 1.75. The van der Waals surface area contributed by atoms with Crippen LogP contribution < -0.4 is 10.6 Å². The molecule has 0 saturated carbocycles. The predicted octanol–water partition coefficient (Wildman–Crippen LogP) is 1.25. The summed E-state index contributed by atoms with van der Waals surface area (Å²) in [4.78, 5) is 22.2. The Bertz CT molecular complexity index is 627. The Balaban J connectivity index is 0.00000338. The molecular formula is C17H23ClF2N2O4. The van der Waals surface area contributed by atoms with E-state index in [4.69, 9.17) is 5.11 Å². The highest BCUT2D eigenvalue weighted by atomic mass is 35.5. The van der Waals surface area contributed by atoms with Gasteiger partial charge in [0.05, 0.1) is 12.1 Å². The number of carboxylic acid groups (broad SMARTS) is 1. The zero-order valence-electron chi connectivity index (χ0n) is 14.2. The molecule has 1 aliphatic rings. The Kier molecular flexibility index (Phi) is 8.39. The van der Waals surface area contributed by atoms with E-state index in [1.807, 2.05) is 0 Å². The average molecular weight is 393 g/mol. The Morgan fingerprint density at radius 2 is 1.92 bits per heavy atom. The first-order valence-corrected chi connectivity index (χ1v) is 8.10. The molecule has 2 rings (SSSR count). The van der Waals surface area contributed by atoms with Gasteiger partial charge in [0.1, 0.15) is 11.6 Å². The molecule has 0 aromatic heterocycles. The number of aliphatic carboxylic acids is 1. The molecule has 4 N–H and O–H groups in total. The van der Waals surface area contributed by atoms with Crippen LogP contribution in [0.15, 0.2) is 18.2 Å². The molecule has 146 valence electrons. The number of halogens is 3. The second-order valence-electron chi connectivity index (χ2n) is 6.49. The molecule has 9 heteroatoms. The van der Waals surface area contributed by atoms with E-state index in [0.29, 0.717) is 18.5 Å². The van der Waals surface area contributed by atoms with Gasteiger partial charge in [-0.2, -0.15) is 0 Å². The lowest BCUT2D eigenvalue weighted by Crippen LogP contribution is -2.51. The topological polar surface area (TPSA) is 98.7 Å². The summed E-state index contributed by atoms with van der Waals surface area (Å²) in [5.41, 5.74) is 0.315. The van der Waals surface area contributed by atoms with Gasteiger partial charge in [0, 0.05) is 25.5 Å². The lowest BCUT2D eigenvalue weighted by molar-refractivity contribution is -0.138. The maximum absolute atomic E-state index is 13.4. The molecule has 1 aromatic rings. The van der Waals surface area contributed by atoms with E-state index in [9.17, 15) is 23.5 Å². The van der Waals surface area contributed by atoms with Gasteiger partial charge in [-0.15, -0.1) is 12.4 Å². The normalized spacial score (nSPS) is 21.5. The Hall–Kier alpha value is -1.77. The van der Waals surface area contributed by atoms with Gasteiger partial charge in [0.15, 0.2) is 0 Å². The van der Waals surface area contributed by atoms with Crippen molar-refractivity contribution >= 4 is 24.3 Å². The molecule has 1 fully saturated rings. The van der Waals surface area contributed by atoms with Crippen molar-refractivity contribution in [2.45, 2.75) is 44.4 Å². The SMILES string of the molecule is CC(=O)N[C@@H](Cc1cc(F)cc(F)c1)[C@H](O)[C@H]1CC(CC(=O)O)CN1.Cl. The van der Waals surface area contributed by atoms with Gasteiger partial charge in [0.2, 0.25) is 5.91 Å². The quantitative estimate of drug-likeness (QED) is 0.559. The summed E-state index contributed by atoms with van der Waals surface area (Å²) in [6, 6.07) is 1.90. The van der Waals surface area contributed by atoms with Crippen molar-refractivity contribution < 1.29 is 28.6 Å². The van der Waals surface area contributed by atoms with E-state index >= 15 is 0 Å². The van der Waals surface area contributed by atoms with Crippen LogP contribution >= 0.6 is 12.4 Å². The van der Waals surface area contributed by atoms with Crippen molar-refractivity contribution in [2.75, 3.05) is 6.54 Å². The minimum Gasteiger partial charge on any atom is -0.481 e. The molecule has 1 heterocycles. The Labute approximate surface area is 156 Å². The third kappa shape index (κ3) is 6.51. The molecule has 4 atom stereocenters. The van der Waals surface area contributed by atoms with Crippen LogP contribution in [0.3, 0.4) is 0 Å².